The molecule has 21 heavy (non-hydrogen) atoms. The molecule has 1 aliphatic rings. The molecular formula is C12H12Br2N2O4S. The number of benzene rings is 1. The maximum atomic E-state index is 12.8. The number of piperazine rings is 1. The third-order valence-electron chi connectivity index (χ3n) is 3.08. The van der Waals surface area contributed by atoms with Crippen molar-refractivity contribution in [3.63, 3.8) is 0 Å². The molecule has 1 N–H and O–H groups in total. The Morgan fingerprint density at radius 3 is 2.62 bits per heavy atom. The van der Waals surface area contributed by atoms with Crippen molar-refractivity contribution in [3.05, 3.63) is 27.1 Å². The minimum atomic E-state index is -3.97. The Morgan fingerprint density at radius 2 is 2.00 bits per heavy atom. The van der Waals surface area contributed by atoms with Gasteiger partial charge in [0.2, 0.25) is 21.8 Å². The molecule has 0 saturated carbocycles. The van der Waals surface area contributed by atoms with Gasteiger partial charge in [-0.1, -0.05) is 22.9 Å². The molecule has 114 valence electrons. The lowest BCUT2D eigenvalue weighted by Crippen LogP contribution is -2.59. The van der Waals surface area contributed by atoms with Crippen molar-refractivity contribution in [3.8, 4) is 0 Å². The zero-order chi connectivity index (χ0) is 15.8. The van der Waals surface area contributed by atoms with Gasteiger partial charge in [0, 0.05) is 8.95 Å². The fraction of sp³-hybridized carbons (Fsp3) is 0.333. The summed E-state index contributed by atoms with van der Waals surface area (Å²) >= 11 is 6.41. The standard InChI is InChI=1S/C12H12Br2N2O4S/c1-2-9-12(18)15-11(17)6-16(9)21(19,20)10-5-7(13)3-4-8(10)14/h3-5,9H,2,6H2,1H3,(H,15,17,18). The van der Waals surface area contributed by atoms with Crippen LogP contribution in [0.15, 0.2) is 32.0 Å². The van der Waals surface area contributed by atoms with Gasteiger partial charge in [0.25, 0.3) is 0 Å². The number of nitrogens with one attached hydrogen (secondary N) is 1. The molecule has 0 bridgehead atoms. The second kappa shape index (κ2) is 6.15. The number of hydrogen-bond donors (Lipinski definition) is 1. The van der Waals surface area contributed by atoms with Crippen molar-refractivity contribution in [2.45, 2.75) is 24.3 Å². The van der Waals surface area contributed by atoms with Gasteiger partial charge in [0.1, 0.15) is 6.04 Å². The quantitative estimate of drug-likeness (QED) is 0.725. The van der Waals surface area contributed by atoms with E-state index >= 15 is 0 Å². The van der Waals surface area contributed by atoms with Gasteiger partial charge in [-0.05, 0) is 40.5 Å². The second-order valence-electron chi connectivity index (χ2n) is 4.46. The van der Waals surface area contributed by atoms with Crippen LogP contribution in [0.5, 0.6) is 0 Å². The molecule has 1 unspecified atom stereocenters. The van der Waals surface area contributed by atoms with Crippen molar-refractivity contribution in [2.75, 3.05) is 6.54 Å². The van der Waals surface area contributed by atoms with Gasteiger partial charge in [-0.2, -0.15) is 4.31 Å². The molecule has 1 saturated heterocycles. The van der Waals surface area contributed by atoms with E-state index in [1.54, 1.807) is 19.1 Å². The third-order valence-corrected chi connectivity index (χ3v) is 6.42. The number of halogens is 2. The number of amides is 2. The number of sulfonamides is 1. The number of carbonyl (C=O) groups excluding carboxylic acids is 2. The number of nitrogens with zero attached hydrogens (tertiary/aromatic N) is 1. The molecule has 0 spiro atoms. The van der Waals surface area contributed by atoms with E-state index in [1.165, 1.54) is 6.07 Å². The first-order valence-electron chi connectivity index (χ1n) is 6.08. The van der Waals surface area contributed by atoms with Crippen LogP contribution < -0.4 is 5.32 Å². The minimum absolute atomic E-state index is 0.0119. The van der Waals surface area contributed by atoms with Gasteiger partial charge in [0.15, 0.2) is 0 Å². The molecular weight excluding hydrogens is 428 g/mol. The normalized spacial score (nSPS) is 20.4. The smallest absolute Gasteiger partial charge is 0.245 e. The SMILES string of the molecule is CCC1C(=O)NC(=O)CN1S(=O)(=O)c1cc(Br)ccc1Br. The van der Waals surface area contributed by atoms with E-state index in [0.717, 1.165) is 4.31 Å². The highest BCUT2D eigenvalue weighted by atomic mass is 79.9. The van der Waals surface area contributed by atoms with Gasteiger partial charge in [-0.15, -0.1) is 0 Å². The van der Waals surface area contributed by atoms with E-state index in [9.17, 15) is 18.0 Å². The van der Waals surface area contributed by atoms with Crippen LogP contribution in [0.2, 0.25) is 0 Å². The van der Waals surface area contributed by atoms with Crippen molar-refractivity contribution in [1.82, 2.24) is 9.62 Å². The molecule has 1 aliphatic heterocycles. The van der Waals surface area contributed by atoms with Gasteiger partial charge in [-0.3, -0.25) is 14.9 Å². The van der Waals surface area contributed by atoms with Crippen molar-refractivity contribution >= 4 is 53.7 Å². The average Bonchev–Trinajstić information content (AvgIpc) is 2.40. The van der Waals surface area contributed by atoms with Crippen LogP contribution in [-0.2, 0) is 19.6 Å². The zero-order valence-electron chi connectivity index (χ0n) is 11.0. The number of hydrogen-bond acceptors (Lipinski definition) is 4. The van der Waals surface area contributed by atoms with Crippen LogP contribution in [0.3, 0.4) is 0 Å². The largest absolute Gasteiger partial charge is 0.294 e. The predicted octanol–water partition coefficient (Wildman–Crippen LogP) is 1.64. The molecule has 2 rings (SSSR count). The highest BCUT2D eigenvalue weighted by molar-refractivity contribution is 9.11. The van der Waals surface area contributed by atoms with Crippen molar-refractivity contribution in [1.29, 1.82) is 0 Å². The third kappa shape index (κ3) is 3.20. The summed E-state index contributed by atoms with van der Waals surface area (Å²) in [6.07, 6.45) is 0.282. The van der Waals surface area contributed by atoms with Crippen LogP contribution in [0.25, 0.3) is 0 Å². The Labute approximate surface area is 139 Å². The molecule has 1 atom stereocenters. The fourth-order valence-corrected chi connectivity index (χ4v) is 5.17. The first-order chi connectivity index (χ1) is 9.77. The first kappa shape index (κ1) is 16.6. The molecule has 9 heteroatoms. The van der Waals surface area contributed by atoms with E-state index in [1.807, 2.05) is 0 Å². The Balaban J connectivity index is 2.53. The van der Waals surface area contributed by atoms with Gasteiger partial charge < -0.3 is 0 Å². The average molecular weight is 440 g/mol. The monoisotopic (exact) mass is 438 g/mol. The van der Waals surface area contributed by atoms with Gasteiger partial charge in [0.05, 0.1) is 11.4 Å². The molecule has 0 radical (unpaired) electrons. The summed E-state index contributed by atoms with van der Waals surface area (Å²) in [7, 11) is -3.97. The Morgan fingerprint density at radius 1 is 1.33 bits per heavy atom. The lowest BCUT2D eigenvalue weighted by Gasteiger charge is -2.32. The fourth-order valence-electron chi connectivity index (χ4n) is 2.09. The maximum absolute atomic E-state index is 12.8. The van der Waals surface area contributed by atoms with Crippen LogP contribution in [0.4, 0.5) is 0 Å². The van der Waals surface area contributed by atoms with E-state index in [0.29, 0.717) is 8.95 Å². The van der Waals surface area contributed by atoms with Gasteiger partial charge >= 0.3 is 0 Å². The minimum Gasteiger partial charge on any atom is -0.294 e. The van der Waals surface area contributed by atoms with E-state index in [2.05, 4.69) is 37.2 Å². The number of imide groups is 1. The summed E-state index contributed by atoms with van der Waals surface area (Å²) in [6, 6.07) is 3.82. The Bertz CT molecular complexity index is 705. The van der Waals surface area contributed by atoms with Crippen LogP contribution in [-0.4, -0.2) is 37.1 Å². The zero-order valence-corrected chi connectivity index (χ0v) is 15.0. The Kier molecular flexibility index (Phi) is 4.86. The summed E-state index contributed by atoms with van der Waals surface area (Å²) in [4.78, 5) is 23.3. The molecule has 6 nitrogen and oxygen atoms in total. The van der Waals surface area contributed by atoms with Crippen LogP contribution in [0, 0.1) is 0 Å². The molecule has 1 fully saturated rings. The lowest BCUT2D eigenvalue weighted by atomic mass is 10.2. The number of rotatable bonds is 3. The molecule has 1 aromatic carbocycles. The van der Waals surface area contributed by atoms with Gasteiger partial charge in [-0.25, -0.2) is 8.42 Å². The summed E-state index contributed by atoms with van der Waals surface area (Å²) in [5.41, 5.74) is 0. The van der Waals surface area contributed by atoms with Crippen molar-refractivity contribution < 1.29 is 18.0 Å². The van der Waals surface area contributed by atoms with E-state index < -0.39 is 27.9 Å². The van der Waals surface area contributed by atoms with Crippen molar-refractivity contribution in [2.24, 2.45) is 0 Å². The Hall–Kier alpha value is -0.770. The number of carbonyl (C=O) groups is 2. The molecule has 1 heterocycles. The molecule has 1 aromatic rings. The summed E-state index contributed by atoms with van der Waals surface area (Å²) in [6.45, 7) is 1.32. The van der Waals surface area contributed by atoms with Crippen LogP contribution >= 0.6 is 31.9 Å². The van der Waals surface area contributed by atoms with E-state index in [-0.39, 0.29) is 17.9 Å². The summed E-state index contributed by atoms with van der Waals surface area (Å²) < 4.78 is 27.4. The maximum Gasteiger partial charge on any atom is 0.245 e. The highest BCUT2D eigenvalue weighted by Crippen LogP contribution is 2.30. The van der Waals surface area contributed by atoms with Crippen LogP contribution in [0.1, 0.15) is 13.3 Å². The predicted molar refractivity (Wildman–Crippen MR) is 83.0 cm³/mol. The summed E-state index contributed by atoms with van der Waals surface area (Å²) in [5.74, 6) is -1.22. The first-order valence-corrected chi connectivity index (χ1v) is 9.10. The molecule has 0 aromatic heterocycles. The summed E-state index contributed by atoms with van der Waals surface area (Å²) in [5, 5.41) is 2.15. The molecule has 0 aliphatic carbocycles. The molecule has 2 amide bonds. The topological polar surface area (TPSA) is 83.6 Å². The van der Waals surface area contributed by atoms with E-state index in [4.69, 9.17) is 0 Å². The second-order valence-corrected chi connectivity index (χ2v) is 8.09. The highest BCUT2D eigenvalue weighted by Gasteiger charge is 2.41. The lowest BCUT2D eigenvalue weighted by molar-refractivity contribution is -0.137.